The minimum absolute atomic E-state index is 0.781. The van der Waals surface area contributed by atoms with E-state index in [1.165, 1.54) is 11.1 Å². The number of benzene rings is 1. The molecule has 1 aromatic carbocycles. The van der Waals surface area contributed by atoms with Crippen LogP contribution in [0.15, 0.2) is 61.7 Å². The van der Waals surface area contributed by atoms with Gasteiger partial charge in [0.2, 0.25) is 0 Å². The van der Waals surface area contributed by atoms with Crippen molar-refractivity contribution in [3.8, 4) is 0 Å². The zero-order chi connectivity index (χ0) is 13.9. The maximum absolute atomic E-state index is 4.12. The molecule has 0 atom stereocenters. The molecule has 0 amide bonds. The molecule has 0 spiro atoms. The van der Waals surface area contributed by atoms with Crippen LogP contribution in [0.5, 0.6) is 0 Å². The Bertz CT molecular complexity index is 738. The van der Waals surface area contributed by atoms with Crippen molar-refractivity contribution in [1.82, 2.24) is 14.7 Å². The fourth-order valence-corrected chi connectivity index (χ4v) is 2.12. The minimum atomic E-state index is 0.781. The maximum Gasteiger partial charge on any atom is 0.0991 e. The molecule has 3 nitrogen and oxygen atoms in total. The summed E-state index contributed by atoms with van der Waals surface area (Å²) in [5.74, 6) is 0. The number of nitrogens with one attached hydrogen (secondary N) is 1. The summed E-state index contributed by atoms with van der Waals surface area (Å²) in [5, 5.41) is 3.37. The van der Waals surface area contributed by atoms with E-state index >= 15 is 0 Å². The van der Waals surface area contributed by atoms with Crippen LogP contribution in [-0.4, -0.2) is 9.38 Å². The largest absolute Gasteiger partial charge is 0.381 e. The first kappa shape index (κ1) is 12.5. The fourth-order valence-electron chi connectivity index (χ4n) is 2.12. The summed E-state index contributed by atoms with van der Waals surface area (Å²) in [6, 6.07) is 12.6. The van der Waals surface area contributed by atoms with E-state index in [0.29, 0.717) is 0 Å². The van der Waals surface area contributed by atoms with Gasteiger partial charge in [-0.2, -0.15) is 0 Å². The molecule has 2 aromatic heterocycles. The monoisotopic (exact) mass is 263 g/mol. The molecule has 0 bridgehead atoms. The van der Waals surface area contributed by atoms with Crippen LogP contribution in [0.3, 0.4) is 0 Å². The Labute approximate surface area is 118 Å². The number of aryl methyl sites for hydroxylation is 1. The SMILES string of the molecule is C=C(NCc1ccc(C)cc1)c1ccn2cncc2c1. The number of imidazole rings is 1. The molecule has 0 aliphatic rings. The fraction of sp³-hybridized carbons (Fsp3) is 0.118. The topological polar surface area (TPSA) is 29.3 Å². The molecule has 1 N–H and O–H groups in total. The van der Waals surface area contributed by atoms with Gasteiger partial charge in [0.15, 0.2) is 0 Å². The quantitative estimate of drug-likeness (QED) is 0.781. The molecule has 3 aromatic rings. The molecule has 0 radical (unpaired) electrons. The molecule has 2 heterocycles. The predicted molar refractivity (Wildman–Crippen MR) is 82.2 cm³/mol. The van der Waals surface area contributed by atoms with E-state index in [-0.39, 0.29) is 0 Å². The standard InChI is InChI=1S/C17H17N3/c1-13-3-5-15(6-4-13)10-19-14(2)16-7-8-20-12-18-11-17(20)9-16/h3-9,11-12,19H,2,10H2,1H3. The molecule has 100 valence electrons. The van der Waals surface area contributed by atoms with Crippen LogP contribution in [-0.2, 0) is 6.54 Å². The summed E-state index contributed by atoms with van der Waals surface area (Å²) >= 11 is 0. The Morgan fingerprint density at radius 1 is 1.25 bits per heavy atom. The third-order valence-electron chi connectivity index (χ3n) is 3.39. The molecular formula is C17H17N3. The van der Waals surface area contributed by atoms with E-state index in [2.05, 4.69) is 54.1 Å². The number of aromatic nitrogens is 2. The second-order valence-electron chi connectivity index (χ2n) is 4.96. The maximum atomic E-state index is 4.12. The summed E-state index contributed by atoms with van der Waals surface area (Å²) < 4.78 is 1.98. The van der Waals surface area contributed by atoms with Crippen molar-refractivity contribution in [2.75, 3.05) is 0 Å². The summed E-state index contributed by atoms with van der Waals surface area (Å²) in [7, 11) is 0. The highest BCUT2D eigenvalue weighted by Gasteiger charge is 2.01. The van der Waals surface area contributed by atoms with Crippen molar-refractivity contribution >= 4 is 11.2 Å². The Morgan fingerprint density at radius 3 is 2.85 bits per heavy atom. The van der Waals surface area contributed by atoms with Gasteiger partial charge in [0.1, 0.15) is 0 Å². The summed E-state index contributed by atoms with van der Waals surface area (Å²) in [6.45, 7) is 6.98. The van der Waals surface area contributed by atoms with E-state index < -0.39 is 0 Å². The van der Waals surface area contributed by atoms with Gasteiger partial charge in [0.25, 0.3) is 0 Å². The molecule has 0 aliphatic carbocycles. The zero-order valence-electron chi connectivity index (χ0n) is 11.5. The van der Waals surface area contributed by atoms with Crippen LogP contribution in [0.4, 0.5) is 0 Å². The van der Waals surface area contributed by atoms with Gasteiger partial charge in [0.05, 0.1) is 18.0 Å². The third-order valence-corrected chi connectivity index (χ3v) is 3.39. The normalized spacial score (nSPS) is 10.7. The Balaban J connectivity index is 1.70. The van der Waals surface area contributed by atoms with Gasteiger partial charge in [0, 0.05) is 24.0 Å². The molecule has 0 fully saturated rings. The van der Waals surface area contributed by atoms with Crippen molar-refractivity contribution in [2.45, 2.75) is 13.5 Å². The lowest BCUT2D eigenvalue weighted by Gasteiger charge is -2.10. The van der Waals surface area contributed by atoms with Gasteiger partial charge in [-0.3, -0.25) is 0 Å². The number of pyridine rings is 1. The molecule has 20 heavy (non-hydrogen) atoms. The lowest BCUT2D eigenvalue weighted by molar-refractivity contribution is 0.891. The third kappa shape index (κ3) is 2.57. The molecular weight excluding hydrogens is 246 g/mol. The number of hydrogen-bond donors (Lipinski definition) is 1. The van der Waals surface area contributed by atoms with E-state index in [9.17, 15) is 0 Å². The van der Waals surface area contributed by atoms with E-state index in [0.717, 1.165) is 23.3 Å². The molecule has 0 aliphatic heterocycles. The predicted octanol–water partition coefficient (Wildman–Crippen LogP) is 3.40. The molecule has 3 heteroatoms. The minimum Gasteiger partial charge on any atom is -0.381 e. The Morgan fingerprint density at radius 2 is 2.05 bits per heavy atom. The second kappa shape index (κ2) is 5.21. The van der Waals surface area contributed by atoms with Crippen LogP contribution >= 0.6 is 0 Å². The number of hydrogen-bond acceptors (Lipinski definition) is 2. The molecule has 0 unspecified atom stereocenters. The first-order valence-corrected chi connectivity index (χ1v) is 6.63. The Kier molecular flexibility index (Phi) is 3.25. The molecule has 0 saturated heterocycles. The highest BCUT2D eigenvalue weighted by molar-refractivity contribution is 5.66. The Hall–Kier alpha value is -2.55. The van der Waals surface area contributed by atoms with Gasteiger partial charge >= 0.3 is 0 Å². The van der Waals surface area contributed by atoms with Crippen LogP contribution < -0.4 is 5.32 Å². The second-order valence-corrected chi connectivity index (χ2v) is 4.96. The average Bonchev–Trinajstić information content (AvgIpc) is 2.93. The molecule has 3 rings (SSSR count). The number of rotatable bonds is 4. The van der Waals surface area contributed by atoms with E-state index in [4.69, 9.17) is 0 Å². The van der Waals surface area contributed by atoms with E-state index in [1.807, 2.05) is 22.9 Å². The lowest BCUT2D eigenvalue weighted by atomic mass is 10.1. The van der Waals surface area contributed by atoms with Gasteiger partial charge in [-0.25, -0.2) is 4.98 Å². The smallest absolute Gasteiger partial charge is 0.0991 e. The number of nitrogens with zero attached hydrogens (tertiary/aromatic N) is 2. The van der Waals surface area contributed by atoms with Crippen molar-refractivity contribution < 1.29 is 0 Å². The van der Waals surface area contributed by atoms with Crippen molar-refractivity contribution in [1.29, 1.82) is 0 Å². The van der Waals surface area contributed by atoms with Crippen LogP contribution in [0.2, 0.25) is 0 Å². The van der Waals surface area contributed by atoms with Crippen molar-refractivity contribution in [2.24, 2.45) is 0 Å². The zero-order valence-corrected chi connectivity index (χ0v) is 11.5. The summed E-state index contributed by atoms with van der Waals surface area (Å²) in [4.78, 5) is 4.12. The lowest BCUT2D eigenvalue weighted by Crippen LogP contribution is -2.11. The summed E-state index contributed by atoms with van der Waals surface area (Å²) in [6.07, 6.45) is 5.63. The van der Waals surface area contributed by atoms with Crippen LogP contribution in [0.1, 0.15) is 16.7 Å². The molecule has 0 saturated carbocycles. The van der Waals surface area contributed by atoms with Crippen molar-refractivity contribution in [3.05, 3.63) is 78.4 Å². The summed E-state index contributed by atoms with van der Waals surface area (Å²) in [5.41, 5.74) is 5.61. The van der Waals surface area contributed by atoms with Gasteiger partial charge in [-0.05, 0) is 24.6 Å². The van der Waals surface area contributed by atoms with Gasteiger partial charge < -0.3 is 9.72 Å². The van der Waals surface area contributed by atoms with Gasteiger partial charge in [-0.15, -0.1) is 0 Å². The average molecular weight is 263 g/mol. The van der Waals surface area contributed by atoms with Crippen LogP contribution in [0.25, 0.3) is 11.2 Å². The van der Waals surface area contributed by atoms with Crippen LogP contribution in [0, 0.1) is 6.92 Å². The highest BCUT2D eigenvalue weighted by atomic mass is 15.0. The van der Waals surface area contributed by atoms with E-state index in [1.54, 1.807) is 6.33 Å². The van der Waals surface area contributed by atoms with Crippen molar-refractivity contribution in [3.63, 3.8) is 0 Å². The highest BCUT2D eigenvalue weighted by Crippen LogP contribution is 2.13. The first-order chi connectivity index (χ1) is 9.72. The number of fused-ring (bicyclic) bond motifs is 1. The van der Waals surface area contributed by atoms with Gasteiger partial charge in [-0.1, -0.05) is 36.4 Å². The first-order valence-electron chi connectivity index (χ1n) is 6.63.